The predicted molar refractivity (Wildman–Crippen MR) is 72.7 cm³/mol. The van der Waals surface area contributed by atoms with Crippen LogP contribution in [0.2, 0.25) is 0 Å². The highest BCUT2D eigenvalue weighted by Gasteiger charge is 2.13. The Hall–Kier alpha value is -1.16. The third-order valence-corrected chi connectivity index (χ3v) is 3.06. The Labute approximate surface area is 107 Å². The van der Waals surface area contributed by atoms with Gasteiger partial charge in [-0.1, -0.05) is 17.7 Å². The van der Waals surface area contributed by atoms with Gasteiger partial charge in [-0.25, -0.2) is 0 Å². The fourth-order valence-electron chi connectivity index (χ4n) is 1.68. The first-order valence-electron chi connectivity index (χ1n) is 5.51. The molecule has 0 saturated carbocycles. The van der Waals surface area contributed by atoms with Crippen LogP contribution in [0.5, 0.6) is 5.75 Å². The zero-order valence-corrected chi connectivity index (χ0v) is 11.6. The van der Waals surface area contributed by atoms with Gasteiger partial charge in [0.2, 0.25) is 5.91 Å². The molecular formula is C13H19NO2S. The standard InChI is InChI=1S/C13H19NO2S/c1-9-5-6-12(16-3)11(7-9)10(2)14-13(15)8-17-4/h5-7,10H,8H2,1-4H3,(H,14,15)/t10-/m0/s1. The van der Waals surface area contributed by atoms with E-state index in [9.17, 15) is 4.79 Å². The Kier molecular flexibility index (Phi) is 5.35. The fraction of sp³-hybridized carbons (Fsp3) is 0.462. The van der Waals surface area contributed by atoms with E-state index in [0.717, 1.165) is 16.9 Å². The maximum absolute atomic E-state index is 11.5. The van der Waals surface area contributed by atoms with Crippen molar-refractivity contribution in [3.05, 3.63) is 29.3 Å². The molecule has 0 radical (unpaired) electrons. The van der Waals surface area contributed by atoms with Crippen molar-refractivity contribution in [2.75, 3.05) is 19.1 Å². The van der Waals surface area contributed by atoms with Crippen LogP contribution in [-0.4, -0.2) is 25.0 Å². The highest BCUT2D eigenvalue weighted by Crippen LogP contribution is 2.25. The van der Waals surface area contributed by atoms with Crippen LogP contribution in [-0.2, 0) is 4.79 Å². The maximum Gasteiger partial charge on any atom is 0.230 e. The van der Waals surface area contributed by atoms with E-state index in [4.69, 9.17) is 4.74 Å². The summed E-state index contributed by atoms with van der Waals surface area (Å²) >= 11 is 1.52. The van der Waals surface area contributed by atoms with Crippen molar-refractivity contribution in [1.82, 2.24) is 5.32 Å². The number of ether oxygens (including phenoxy) is 1. The lowest BCUT2D eigenvalue weighted by Crippen LogP contribution is -2.28. The minimum atomic E-state index is -0.0375. The number of nitrogens with one attached hydrogen (secondary N) is 1. The van der Waals surface area contributed by atoms with Gasteiger partial charge >= 0.3 is 0 Å². The number of carbonyl (C=O) groups excluding carboxylic acids is 1. The molecule has 0 aliphatic heterocycles. The second kappa shape index (κ2) is 6.55. The lowest BCUT2D eigenvalue weighted by Gasteiger charge is -2.17. The topological polar surface area (TPSA) is 38.3 Å². The van der Waals surface area contributed by atoms with E-state index in [1.807, 2.05) is 38.3 Å². The zero-order valence-electron chi connectivity index (χ0n) is 10.7. The minimum absolute atomic E-state index is 0.0375. The molecule has 17 heavy (non-hydrogen) atoms. The average Bonchev–Trinajstić information content (AvgIpc) is 2.29. The summed E-state index contributed by atoms with van der Waals surface area (Å²) in [5.74, 6) is 1.35. The second-order valence-corrected chi connectivity index (χ2v) is 4.83. The molecule has 1 amide bonds. The van der Waals surface area contributed by atoms with Crippen LogP contribution in [0.4, 0.5) is 0 Å². The van der Waals surface area contributed by atoms with E-state index >= 15 is 0 Å². The number of methoxy groups -OCH3 is 1. The highest BCUT2D eigenvalue weighted by molar-refractivity contribution is 7.99. The van der Waals surface area contributed by atoms with Crippen molar-refractivity contribution in [3.8, 4) is 5.75 Å². The molecule has 3 nitrogen and oxygen atoms in total. The zero-order chi connectivity index (χ0) is 12.8. The molecule has 1 atom stereocenters. The first-order chi connectivity index (χ1) is 8.08. The van der Waals surface area contributed by atoms with Gasteiger partial charge in [-0.2, -0.15) is 11.8 Å². The number of rotatable bonds is 5. The average molecular weight is 253 g/mol. The molecule has 0 unspecified atom stereocenters. The van der Waals surface area contributed by atoms with Gasteiger partial charge in [0.25, 0.3) is 0 Å². The van der Waals surface area contributed by atoms with E-state index in [-0.39, 0.29) is 11.9 Å². The molecule has 0 aromatic heterocycles. The number of hydrogen-bond acceptors (Lipinski definition) is 3. The van der Waals surface area contributed by atoms with Gasteiger partial charge in [0.1, 0.15) is 5.75 Å². The van der Waals surface area contributed by atoms with Crippen LogP contribution >= 0.6 is 11.8 Å². The Morgan fingerprint density at radius 3 is 2.82 bits per heavy atom. The number of aryl methyl sites for hydroxylation is 1. The summed E-state index contributed by atoms with van der Waals surface area (Å²) in [4.78, 5) is 11.5. The van der Waals surface area contributed by atoms with E-state index in [1.165, 1.54) is 11.8 Å². The summed E-state index contributed by atoms with van der Waals surface area (Å²) in [6, 6.07) is 5.94. The Morgan fingerprint density at radius 1 is 1.53 bits per heavy atom. The largest absolute Gasteiger partial charge is 0.496 e. The first kappa shape index (κ1) is 13.9. The Morgan fingerprint density at radius 2 is 2.24 bits per heavy atom. The summed E-state index contributed by atoms with van der Waals surface area (Å²) in [6.45, 7) is 3.99. The van der Waals surface area contributed by atoms with Crippen molar-refractivity contribution in [1.29, 1.82) is 0 Å². The summed E-state index contributed by atoms with van der Waals surface area (Å²) in [7, 11) is 1.64. The monoisotopic (exact) mass is 253 g/mol. The molecular weight excluding hydrogens is 234 g/mol. The smallest absolute Gasteiger partial charge is 0.230 e. The number of hydrogen-bond donors (Lipinski definition) is 1. The van der Waals surface area contributed by atoms with Crippen molar-refractivity contribution < 1.29 is 9.53 Å². The fourth-order valence-corrected chi connectivity index (χ4v) is 2.03. The third-order valence-electron chi connectivity index (χ3n) is 2.50. The molecule has 94 valence electrons. The Balaban J connectivity index is 2.83. The third kappa shape index (κ3) is 3.97. The van der Waals surface area contributed by atoms with Gasteiger partial charge in [0, 0.05) is 5.56 Å². The van der Waals surface area contributed by atoms with Crippen molar-refractivity contribution in [2.45, 2.75) is 19.9 Å². The molecule has 1 aromatic rings. The molecule has 1 N–H and O–H groups in total. The highest BCUT2D eigenvalue weighted by atomic mass is 32.2. The van der Waals surface area contributed by atoms with Crippen molar-refractivity contribution in [2.24, 2.45) is 0 Å². The minimum Gasteiger partial charge on any atom is -0.496 e. The lowest BCUT2D eigenvalue weighted by atomic mass is 10.0. The van der Waals surface area contributed by atoms with Crippen LogP contribution in [0, 0.1) is 6.92 Å². The number of amides is 1. The summed E-state index contributed by atoms with van der Waals surface area (Å²) < 4.78 is 5.31. The van der Waals surface area contributed by atoms with Crippen LogP contribution in [0.1, 0.15) is 24.1 Å². The summed E-state index contributed by atoms with van der Waals surface area (Å²) in [6.07, 6.45) is 1.91. The van der Waals surface area contributed by atoms with Crippen LogP contribution in [0.15, 0.2) is 18.2 Å². The van der Waals surface area contributed by atoms with Crippen LogP contribution in [0.3, 0.4) is 0 Å². The molecule has 4 heteroatoms. The van der Waals surface area contributed by atoms with Crippen LogP contribution in [0.25, 0.3) is 0 Å². The summed E-state index contributed by atoms with van der Waals surface area (Å²) in [5, 5.41) is 2.96. The van der Waals surface area contributed by atoms with Gasteiger partial charge in [-0.3, -0.25) is 4.79 Å². The summed E-state index contributed by atoms with van der Waals surface area (Å²) in [5.41, 5.74) is 2.17. The van der Waals surface area contributed by atoms with Crippen molar-refractivity contribution in [3.63, 3.8) is 0 Å². The number of carbonyl (C=O) groups is 1. The van der Waals surface area contributed by atoms with Gasteiger partial charge in [-0.05, 0) is 26.2 Å². The van der Waals surface area contributed by atoms with Gasteiger partial charge in [0.15, 0.2) is 0 Å². The number of thioether (sulfide) groups is 1. The first-order valence-corrected chi connectivity index (χ1v) is 6.90. The Bertz CT molecular complexity index is 393. The van der Waals surface area contributed by atoms with Crippen molar-refractivity contribution >= 4 is 17.7 Å². The molecule has 0 saturated heterocycles. The van der Waals surface area contributed by atoms with E-state index in [0.29, 0.717) is 5.75 Å². The van der Waals surface area contributed by atoms with E-state index in [1.54, 1.807) is 7.11 Å². The SMILES string of the molecule is COc1ccc(C)cc1[C@H](C)NC(=O)CSC. The molecule has 0 aliphatic rings. The molecule has 0 aliphatic carbocycles. The van der Waals surface area contributed by atoms with Gasteiger partial charge in [0.05, 0.1) is 18.9 Å². The van der Waals surface area contributed by atoms with Crippen LogP contribution < -0.4 is 10.1 Å². The van der Waals surface area contributed by atoms with E-state index in [2.05, 4.69) is 5.32 Å². The normalized spacial score (nSPS) is 12.0. The molecule has 0 fully saturated rings. The second-order valence-electron chi connectivity index (χ2n) is 3.97. The predicted octanol–water partition coefficient (Wildman–Crippen LogP) is 2.54. The molecule has 1 aromatic carbocycles. The van der Waals surface area contributed by atoms with Gasteiger partial charge < -0.3 is 10.1 Å². The quantitative estimate of drug-likeness (QED) is 0.876. The molecule has 1 rings (SSSR count). The maximum atomic E-state index is 11.5. The number of benzene rings is 1. The van der Waals surface area contributed by atoms with E-state index < -0.39 is 0 Å². The lowest BCUT2D eigenvalue weighted by molar-refractivity contribution is -0.119. The van der Waals surface area contributed by atoms with Gasteiger partial charge in [-0.15, -0.1) is 0 Å². The molecule has 0 spiro atoms. The molecule has 0 heterocycles. The molecule has 0 bridgehead atoms.